The summed E-state index contributed by atoms with van der Waals surface area (Å²) in [6.45, 7) is 5.67. The van der Waals surface area contributed by atoms with Gasteiger partial charge in [0.2, 0.25) is 0 Å². The summed E-state index contributed by atoms with van der Waals surface area (Å²) in [4.78, 5) is 11.6. The van der Waals surface area contributed by atoms with Crippen LogP contribution in [0.4, 0.5) is 0 Å². The van der Waals surface area contributed by atoms with Crippen LogP contribution in [0.15, 0.2) is 0 Å². The second kappa shape index (κ2) is 3.29. The average Bonchev–Trinajstić information content (AvgIpc) is 2.28. The third kappa shape index (κ3) is 1.57. The van der Waals surface area contributed by atoms with Crippen LogP contribution in [0, 0.1) is 5.41 Å². The first-order valence-corrected chi connectivity index (χ1v) is 4.83. The van der Waals surface area contributed by atoms with E-state index in [2.05, 4.69) is 0 Å². The number of carbonyl (C=O) groups excluding carboxylic acids is 1. The van der Waals surface area contributed by atoms with Gasteiger partial charge in [-0.1, -0.05) is 0 Å². The number of aliphatic hydroxyl groups is 1. The molecule has 1 saturated carbocycles. The molecule has 0 aliphatic heterocycles. The van der Waals surface area contributed by atoms with E-state index in [1.165, 1.54) is 0 Å². The summed E-state index contributed by atoms with van der Waals surface area (Å²) < 4.78 is 4.97. The SMILES string of the molecule is CCOC(=O)[C@@]1(C)CCC[C@@]1(C)O. The van der Waals surface area contributed by atoms with Gasteiger partial charge in [0, 0.05) is 0 Å². The number of rotatable bonds is 2. The van der Waals surface area contributed by atoms with Crippen LogP contribution in [0.25, 0.3) is 0 Å². The van der Waals surface area contributed by atoms with E-state index in [-0.39, 0.29) is 5.97 Å². The third-order valence-corrected chi connectivity index (χ3v) is 3.26. The Morgan fingerprint density at radius 3 is 2.46 bits per heavy atom. The highest BCUT2D eigenvalue weighted by atomic mass is 16.5. The van der Waals surface area contributed by atoms with E-state index in [1.54, 1.807) is 20.8 Å². The van der Waals surface area contributed by atoms with Crippen LogP contribution in [-0.2, 0) is 9.53 Å². The molecule has 0 aromatic rings. The van der Waals surface area contributed by atoms with Crippen LogP contribution >= 0.6 is 0 Å². The summed E-state index contributed by atoms with van der Waals surface area (Å²) in [5, 5.41) is 10.0. The van der Waals surface area contributed by atoms with Gasteiger partial charge >= 0.3 is 5.97 Å². The van der Waals surface area contributed by atoms with Gasteiger partial charge in [0.05, 0.1) is 17.6 Å². The van der Waals surface area contributed by atoms with E-state index in [4.69, 9.17) is 4.74 Å². The highest BCUT2D eigenvalue weighted by molar-refractivity contribution is 5.78. The molecule has 1 aliphatic rings. The van der Waals surface area contributed by atoms with Crippen molar-refractivity contribution in [3.8, 4) is 0 Å². The van der Waals surface area contributed by atoms with Gasteiger partial charge in [0.15, 0.2) is 0 Å². The highest BCUT2D eigenvalue weighted by Crippen LogP contribution is 2.46. The number of hydrogen-bond acceptors (Lipinski definition) is 3. The smallest absolute Gasteiger partial charge is 0.314 e. The lowest BCUT2D eigenvalue weighted by Gasteiger charge is -2.34. The minimum absolute atomic E-state index is 0.266. The zero-order valence-electron chi connectivity index (χ0n) is 8.59. The minimum Gasteiger partial charge on any atom is -0.465 e. The Labute approximate surface area is 79.1 Å². The Morgan fingerprint density at radius 1 is 1.46 bits per heavy atom. The maximum Gasteiger partial charge on any atom is 0.314 e. The summed E-state index contributed by atoms with van der Waals surface area (Å²) in [5.74, 6) is -0.266. The fourth-order valence-electron chi connectivity index (χ4n) is 1.94. The normalized spacial score (nSPS) is 39.1. The van der Waals surface area contributed by atoms with Crippen molar-refractivity contribution in [3.05, 3.63) is 0 Å². The second-order valence-electron chi connectivity index (χ2n) is 4.18. The first kappa shape index (κ1) is 10.5. The number of carbonyl (C=O) groups is 1. The minimum atomic E-state index is -0.904. The van der Waals surface area contributed by atoms with Crippen molar-refractivity contribution >= 4 is 5.97 Å². The fourth-order valence-corrected chi connectivity index (χ4v) is 1.94. The van der Waals surface area contributed by atoms with Crippen LogP contribution in [-0.4, -0.2) is 23.3 Å². The summed E-state index contributed by atoms with van der Waals surface area (Å²) in [5.41, 5.74) is -1.61. The molecule has 0 amide bonds. The van der Waals surface area contributed by atoms with Crippen molar-refractivity contribution in [2.75, 3.05) is 6.61 Å². The topological polar surface area (TPSA) is 46.5 Å². The Balaban J connectivity index is 2.80. The molecule has 1 N–H and O–H groups in total. The molecule has 13 heavy (non-hydrogen) atoms. The monoisotopic (exact) mass is 186 g/mol. The van der Waals surface area contributed by atoms with Crippen molar-refractivity contribution in [3.63, 3.8) is 0 Å². The molecule has 0 bridgehead atoms. The van der Waals surface area contributed by atoms with Crippen LogP contribution in [0.5, 0.6) is 0 Å². The molecule has 0 aromatic heterocycles. The molecule has 0 radical (unpaired) electrons. The summed E-state index contributed by atoms with van der Waals surface area (Å²) in [6.07, 6.45) is 2.30. The van der Waals surface area contributed by atoms with Gasteiger partial charge in [0.25, 0.3) is 0 Å². The van der Waals surface area contributed by atoms with Gasteiger partial charge in [-0.05, 0) is 40.0 Å². The fraction of sp³-hybridized carbons (Fsp3) is 0.900. The Hall–Kier alpha value is -0.570. The van der Waals surface area contributed by atoms with Crippen molar-refractivity contribution in [1.82, 2.24) is 0 Å². The lowest BCUT2D eigenvalue weighted by molar-refractivity contribution is -0.167. The quantitative estimate of drug-likeness (QED) is 0.665. The predicted octanol–water partition coefficient (Wildman–Crippen LogP) is 1.49. The van der Waals surface area contributed by atoms with Crippen molar-refractivity contribution in [1.29, 1.82) is 0 Å². The summed E-state index contributed by atoms with van der Waals surface area (Å²) >= 11 is 0. The van der Waals surface area contributed by atoms with Crippen molar-refractivity contribution < 1.29 is 14.6 Å². The lowest BCUT2D eigenvalue weighted by Crippen LogP contribution is -2.45. The van der Waals surface area contributed by atoms with Gasteiger partial charge in [-0.2, -0.15) is 0 Å². The molecule has 3 nitrogen and oxygen atoms in total. The largest absolute Gasteiger partial charge is 0.465 e. The molecule has 0 spiro atoms. The molecule has 1 fully saturated rings. The summed E-state index contributed by atoms with van der Waals surface area (Å²) in [6, 6.07) is 0. The third-order valence-electron chi connectivity index (χ3n) is 3.26. The Morgan fingerprint density at radius 2 is 2.08 bits per heavy atom. The standard InChI is InChI=1S/C10H18O3/c1-4-13-8(11)9(2)6-5-7-10(9,3)12/h12H,4-7H2,1-3H3/t9-,10-/m1/s1. The van der Waals surface area contributed by atoms with E-state index < -0.39 is 11.0 Å². The van der Waals surface area contributed by atoms with Gasteiger partial charge in [0.1, 0.15) is 0 Å². The molecular weight excluding hydrogens is 168 g/mol. The van der Waals surface area contributed by atoms with Gasteiger partial charge in [-0.15, -0.1) is 0 Å². The molecule has 1 aliphatic carbocycles. The van der Waals surface area contributed by atoms with Crippen LogP contribution < -0.4 is 0 Å². The molecule has 0 unspecified atom stereocenters. The first-order valence-electron chi connectivity index (χ1n) is 4.83. The van der Waals surface area contributed by atoms with Gasteiger partial charge < -0.3 is 9.84 Å². The number of hydrogen-bond donors (Lipinski definition) is 1. The van der Waals surface area contributed by atoms with E-state index >= 15 is 0 Å². The molecule has 0 saturated heterocycles. The average molecular weight is 186 g/mol. The van der Waals surface area contributed by atoms with E-state index in [0.717, 1.165) is 12.8 Å². The van der Waals surface area contributed by atoms with Crippen LogP contribution in [0.1, 0.15) is 40.0 Å². The summed E-state index contributed by atoms with van der Waals surface area (Å²) in [7, 11) is 0. The first-order chi connectivity index (χ1) is 5.94. The van der Waals surface area contributed by atoms with Crippen LogP contribution in [0.2, 0.25) is 0 Å². The number of ether oxygens (including phenoxy) is 1. The van der Waals surface area contributed by atoms with E-state index in [0.29, 0.717) is 13.0 Å². The highest BCUT2D eigenvalue weighted by Gasteiger charge is 2.53. The van der Waals surface area contributed by atoms with E-state index in [9.17, 15) is 9.90 Å². The molecule has 1 rings (SSSR count). The van der Waals surface area contributed by atoms with Gasteiger partial charge in [-0.3, -0.25) is 4.79 Å². The zero-order chi connectivity index (χ0) is 10.1. The second-order valence-corrected chi connectivity index (χ2v) is 4.18. The van der Waals surface area contributed by atoms with Gasteiger partial charge in [-0.25, -0.2) is 0 Å². The van der Waals surface area contributed by atoms with Crippen molar-refractivity contribution in [2.24, 2.45) is 5.41 Å². The molecular formula is C10H18O3. The molecule has 3 heteroatoms. The molecule has 76 valence electrons. The van der Waals surface area contributed by atoms with Crippen LogP contribution in [0.3, 0.4) is 0 Å². The van der Waals surface area contributed by atoms with Crippen molar-refractivity contribution in [2.45, 2.75) is 45.6 Å². The maximum atomic E-state index is 11.6. The molecule has 0 heterocycles. The maximum absolute atomic E-state index is 11.6. The van der Waals surface area contributed by atoms with E-state index in [1.807, 2.05) is 0 Å². The molecule has 0 aromatic carbocycles. The lowest BCUT2D eigenvalue weighted by atomic mass is 9.77. The molecule has 2 atom stereocenters. The Bertz CT molecular complexity index is 210. The Kier molecular flexibility index (Phi) is 2.66. The zero-order valence-corrected chi connectivity index (χ0v) is 8.59. The number of esters is 1. The predicted molar refractivity (Wildman–Crippen MR) is 49.2 cm³/mol.